The predicted octanol–water partition coefficient (Wildman–Crippen LogP) is 3.17. The first-order valence-electron chi connectivity index (χ1n) is 5.22. The SMILES string of the molecule is CCCC(CSc1ccccc1)NC. The van der Waals surface area contributed by atoms with Gasteiger partial charge >= 0.3 is 0 Å². The Morgan fingerprint density at radius 3 is 2.57 bits per heavy atom. The van der Waals surface area contributed by atoms with Crippen LogP contribution in [0.3, 0.4) is 0 Å². The van der Waals surface area contributed by atoms with Gasteiger partial charge in [-0.25, -0.2) is 0 Å². The van der Waals surface area contributed by atoms with Gasteiger partial charge in [-0.3, -0.25) is 0 Å². The van der Waals surface area contributed by atoms with E-state index in [4.69, 9.17) is 0 Å². The largest absolute Gasteiger partial charge is 0.316 e. The third-order valence-electron chi connectivity index (χ3n) is 2.24. The third kappa shape index (κ3) is 4.16. The van der Waals surface area contributed by atoms with Gasteiger partial charge in [0, 0.05) is 16.7 Å². The number of thioether (sulfide) groups is 1. The van der Waals surface area contributed by atoms with Crippen LogP contribution in [-0.4, -0.2) is 18.8 Å². The van der Waals surface area contributed by atoms with Crippen molar-refractivity contribution in [3.63, 3.8) is 0 Å². The molecule has 0 aliphatic heterocycles. The van der Waals surface area contributed by atoms with E-state index in [0.717, 1.165) is 5.75 Å². The Morgan fingerprint density at radius 2 is 2.00 bits per heavy atom. The first-order chi connectivity index (χ1) is 6.86. The first kappa shape index (κ1) is 11.6. The maximum atomic E-state index is 3.35. The van der Waals surface area contributed by atoms with Crippen LogP contribution in [0, 0.1) is 0 Å². The van der Waals surface area contributed by atoms with Crippen LogP contribution in [-0.2, 0) is 0 Å². The van der Waals surface area contributed by atoms with Crippen molar-refractivity contribution in [1.29, 1.82) is 0 Å². The van der Waals surface area contributed by atoms with Gasteiger partial charge in [0.25, 0.3) is 0 Å². The van der Waals surface area contributed by atoms with E-state index >= 15 is 0 Å². The molecule has 14 heavy (non-hydrogen) atoms. The van der Waals surface area contributed by atoms with E-state index in [1.807, 2.05) is 18.8 Å². The second-order valence-electron chi connectivity index (χ2n) is 3.40. The molecule has 0 aliphatic rings. The summed E-state index contributed by atoms with van der Waals surface area (Å²) in [5, 5.41) is 3.35. The van der Waals surface area contributed by atoms with Gasteiger partial charge in [0.2, 0.25) is 0 Å². The smallest absolute Gasteiger partial charge is 0.0158 e. The van der Waals surface area contributed by atoms with Crippen LogP contribution in [0.2, 0.25) is 0 Å². The van der Waals surface area contributed by atoms with Crippen molar-refractivity contribution in [2.45, 2.75) is 30.7 Å². The average Bonchev–Trinajstić information content (AvgIpc) is 2.25. The fraction of sp³-hybridized carbons (Fsp3) is 0.500. The average molecular weight is 209 g/mol. The van der Waals surface area contributed by atoms with Gasteiger partial charge in [0.05, 0.1) is 0 Å². The van der Waals surface area contributed by atoms with Gasteiger partial charge in [-0.05, 0) is 25.6 Å². The van der Waals surface area contributed by atoms with Crippen molar-refractivity contribution in [3.8, 4) is 0 Å². The Morgan fingerprint density at radius 1 is 1.29 bits per heavy atom. The predicted molar refractivity (Wildman–Crippen MR) is 64.9 cm³/mol. The Bertz CT molecular complexity index is 235. The zero-order valence-electron chi connectivity index (χ0n) is 8.99. The number of hydrogen-bond acceptors (Lipinski definition) is 2. The van der Waals surface area contributed by atoms with Crippen LogP contribution in [0.4, 0.5) is 0 Å². The van der Waals surface area contributed by atoms with E-state index in [9.17, 15) is 0 Å². The molecule has 1 nitrogen and oxygen atoms in total. The fourth-order valence-electron chi connectivity index (χ4n) is 1.37. The van der Waals surface area contributed by atoms with Crippen molar-refractivity contribution in [2.75, 3.05) is 12.8 Å². The molecule has 0 saturated heterocycles. The summed E-state index contributed by atoms with van der Waals surface area (Å²) in [6.07, 6.45) is 2.51. The van der Waals surface area contributed by atoms with Crippen LogP contribution in [0.5, 0.6) is 0 Å². The Balaban J connectivity index is 2.32. The second-order valence-corrected chi connectivity index (χ2v) is 4.49. The summed E-state index contributed by atoms with van der Waals surface area (Å²) in [7, 11) is 2.05. The molecule has 0 heterocycles. The molecular formula is C12H19NS. The quantitative estimate of drug-likeness (QED) is 0.722. The number of hydrogen-bond donors (Lipinski definition) is 1. The zero-order valence-corrected chi connectivity index (χ0v) is 9.81. The minimum Gasteiger partial charge on any atom is -0.316 e. The molecule has 0 spiro atoms. The Labute approximate surface area is 91.3 Å². The normalized spacial score (nSPS) is 12.7. The van der Waals surface area contributed by atoms with Crippen LogP contribution >= 0.6 is 11.8 Å². The van der Waals surface area contributed by atoms with Gasteiger partial charge in [-0.15, -0.1) is 11.8 Å². The van der Waals surface area contributed by atoms with Crippen LogP contribution in [0.25, 0.3) is 0 Å². The second kappa shape index (κ2) is 6.91. The summed E-state index contributed by atoms with van der Waals surface area (Å²) in [6, 6.07) is 11.2. The van der Waals surface area contributed by atoms with E-state index in [1.165, 1.54) is 17.7 Å². The molecule has 1 atom stereocenters. The zero-order chi connectivity index (χ0) is 10.2. The summed E-state index contributed by atoms with van der Waals surface area (Å²) in [5.74, 6) is 1.16. The molecule has 1 aromatic carbocycles. The molecule has 1 unspecified atom stereocenters. The molecular weight excluding hydrogens is 190 g/mol. The van der Waals surface area contributed by atoms with Crippen molar-refractivity contribution < 1.29 is 0 Å². The summed E-state index contributed by atoms with van der Waals surface area (Å²) in [6.45, 7) is 2.23. The third-order valence-corrected chi connectivity index (χ3v) is 3.41. The van der Waals surface area contributed by atoms with Gasteiger partial charge in [-0.1, -0.05) is 31.5 Å². The van der Waals surface area contributed by atoms with Crippen LogP contribution in [0.15, 0.2) is 35.2 Å². The number of benzene rings is 1. The molecule has 1 rings (SSSR count). The molecule has 0 amide bonds. The van der Waals surface area contributed by atoms with Gasteiger partial charge < -0.3 is 5.32 Å². The lowest BCUT2D eigenvalue weighted by Crippen LogP contribution is -2.27. The molecule has 0 aliphatic carbocycles. The Hall–Kier alpha value is -0.470. The van der Waals surface area contributed by atoms with E-state index in [-0.39, 0.29) is 0 Å². The lowest BCUT2D eigenvalue weighted by molar-refractivity contribution is 0.565. The molecule has 78 valence electrons. The summed E-state index contributed by atoms with van der Waals surface area (Å²) >= 11 is 1.93. The molecule has 2 heteroatoms. The summed E-state index contributed by atoms with van der Waals surface area (Å²) in [5.41, 5.74) is 0. The number of nitrogens with one attached hydrogen (secondary N) is 1. The highest BCUT2D eigenvalue weighted by Gasteiger charge is 2.04. The lowest BCUT2D eigenvalue weighted by atomic mass is 10.2. The molecule has 0 fully saturated rings. The van der Waals surface area contributed by atoms with Crippen molar-refractivity contribution in [2.24, 2.45) is 0 Å². The van der Waals surface area contributed by atoms with Crippen LogP contribution < -0.4 is 5.32 Å². The topological polar surface area (TPSA) is 12.0 Å². The highest BCUT2D eigenvalue weighted by molar-refractivity contribution is 7.99. The monoisotopic (exact) mass is 209 g/mol. The molecule has 1 aromatic rings. The molecule has 0 radical (unpaired) electrons. The minimum atomic E-state index is 0.644. The number of rotatable bonds is 6. The van der Waals surface area contributed by atoms with Crippen molar-refractivity contribution in [1.82, 2.24) is 5.32 Å². The fourth-order valence-corrected chi connectivity index (χ4v) is 2.45. The van der Waals surface area contributed by atoms with Gasteiger partial charge in [0.1, 0.15) is 0 Å². The maximum absolute atomic E-state index is 3.35. The van der Waals surface area contributed by atoms with E-state index in [2.05, 4.69) is 42.6 Å². The van der Waals surface area contributed by atoms with Crippen molar-refractivity contribution >= 4 is 11.8 Å². The standard InChI is InChI=1S/C12H19NS/c1-3-7-11(13-2)10-14-12-8-5-4-6-9-12/h4-6,8-9,11,13H,3,7,10H2,1-2H3. The lowest BCUT2D eigenvalue weighted by Gasteiger charge is -2.14. The summed E-state index contributed by atoms with van der Waals surface area (Å²) < 4.78 is 0. The highest BCUT2D eigenvalue weighted by Crippen LogP contribution is 2.18. The minimum absolute atomic E-state index is 0.644. The summed E-state index contributed by atoms with van der Waals surface area (Å²) in [4.78, 5) is 1.36. The van der Waals surface area contributed by atoms with Gasteiger partial charge in [-0.2, -0.15) is 0 Å². The maximum Gasteiger partial charge on any atom is 0.0158 e. The van der Waals surface area contributed by atoms with E-state index in [1.54, 1.807) is 0 Å². The molecule has 0 aromatic heterocycles. The molecule has 0 bridgehead atoms. The van der Waals surface area contributed by atoms with Gasteiger partial charge in [0.15, 0.2) is 0 Å². The first-order valence-corrected chi connectivity index (χ1v) is 6.20. The van der Waals surface area contributed by atoms with Crippen LogP contribution in [0.1, 0.15) is 19.8 Å². The van der Waals surface area contributed by atoms with Crippen molar-refractivity contribution in [3.05, 3.63) is 30.3 Å². The highest BCUT2D eigenvalue weighted by atomic mass is 32.2. The molecule has 1 N–H and O–H groups in total. The van der Waals surface area contributed by atoms with E-state index < -0.39 is 0 Å². The molecule has 0 saturated carbocycles. The Kier molecular flexibility index (Phi) is 5.72. The van der Waals surface area contributed by atoms with E-state index in [0.29, 0.717) is 6.04 Å².